The molecule has 0 amide bonds. The number of hydrogen-bond acceptors (Lipinski definition) is 1. The summed E-state index contributed by atoms with van der Waals surface area (Å²) in [4.78, 5) is 0. The number of unbranched alkanes of at least 4 members (excludes halogenated alkanes) is 14. The first-order valence-corrected chi connectivity index (χ1v) is 11.0. The normalized spacial score (nSPS) is 12.1. The van der Waals surface area contributed by atoms with Gasteiger partial charge in [-0.2, -0.15) is 0 Å². The molecule has 0 unspecified atom stereocenters. The maximum atomic E-state index is 5.60. The highest BCUT2D eigenvalue weighted by Gasteiger charge is 2.13. The molecule has 0 aromatic carbocycles. The molecule has 134 valence electrons. The molecule has 0 aromatic rings. The Bertz CT molecular complexity index is 216. The standard InChI is InChI=1S/C20H44OSi/c1-4-5-6-7-8-9-10-11-12-13-14-15-16-17-18-19-20(2,3)21-22/h4-19H2,1-3,22H3. The predicted molar refractivity (Wildman–Crippen MR) is 105 cm³/mol. The predicted octanol–water partition coefficient (Wildman–Crippen LogP) is 6.32. The Morgan fingerprint density at radius 2 is 0.909 bits per heavy atom. The van der Waals surface area contributed by atoms with Crippen LogP contribution < -0.4 is 0 Å². The number of rotatable bonds is 17. The lowest BCUT2D eigenvalue weighted by molar-refractivity contribution is 0.109. The summed E-state index contributed by atoms with van der Waals surface area (Å²) in [6.07, 6.45) is 22.8. The Labute approximate surface area is 144 Å². The van der Waals surface area contributed by atoms with Crippen LogP contribution in [0.3, 0.4) is 0 Å². The van der Waals surface area contributed by atoms with Crippen molar-refractivity contribution in [3.8, 4) is 0 Å². The van der Waals surface area contributed by atoms with Crippen molar-refractivity contribution < 1.29 is 4.43 Å². The van der Waals surface area contributed by atoms with E-state index >= 15 is 0 Å². The molecule has 0 aromatic heterocycles. The highest BCUT2D eigenvalue weighted by Crippen LogP contribution is 2.18. The van der Waals surface area contributed by atoms with Crippen LogP contribution in [0.5, 0.6) is 0 Å². The van der Waals surface area contributed by atoms with E-state index in [-0.39, 0.29) is 5.60 Å². The van der Waals surface area contributed by atoms with Crippen molar-refractivity contribution in [2.45, 2.75) is 129 Å². The summed E-state index contributed by atoms with van der Waals surface area (Å²) in [5.74, 6) is 0. The highest BCUT2D eigenvalue weighted by molar-refractivity contribution is 5.98. The molecule has 22 heavy (non-hydrogen) atoms. The summed E-state index contributed by atoms with van der Waals surface area (Å²) in [5.41, 5.74) is 0.142. The second-order valence-electron chi connectivity index (χ2n) is 7.66. The van der Waals surface area contributed by atoms with Gasteiger partial charge in [0.1, 0.15) is 10.5 Å². The molecule has 0 heterocycles. The van der Waals surface area contributed by atoms with Gasteiger partial charge in [-0.05, 0) is 20.3 Å². The zero-order valence-corrected chi connectivity index (χ0v) is 18.2. The molecule has 0 N–H and O–H groups in total. The second-order valence-corrected chi connectivity index (χ2v) is 8.07. The first-order valence-electron chi connectivity index (χ1n) is 10.2. The fourth-order valence-electron chi connectivity index (χ4n) is 3.02. The molecule has 2 heteroatoms. The molecule has 0 saturated carbocycles. The van der Waals surface area contributed by atoms with Gasteiger partial charge in [-0.15, -0.1) is 0 Å². The van der Waals surface area contributed by atoms with Crippen LogP contribution in [0.25, 0.3) is 0 Å². The SMILES string of the molecule is CCCCCCCCCCCCCCCCCC(C)(C)O[SiH3]. The lowest BCUT2D eigenvalue weighted by atomic mass is 9.99. The average Bonchev–Trinajstić information content (AvgIpc) is 2.51. The summed E-state index contributed by atoms with van der Waals surface area (Å²) in [6.45, 7) is 6.75. The fraction of sp³-hybridized carbons (Fsp3) is 1.00. The van der Waals surface area contributed by atoms with Gasteiger partial charge < -0.3 is 4.43 Å². The first-order chi connectivity index (χ1) is 10.6. The van der Waals surface area contributed by atoms with Gasteiger partial charge in [0, 0.05) is 5.60 Å². The van der Waals surface area contributed by atoms with Crippen molar-refractivity contribution in [2.24, 2.45) is 0 Å². The molecular formula is C20H44OSi. The van der Waals surface area contributed by atoms with Crippen LogP contribution in [0, 0.1) is 0 Å². The molecule has 0 atom stereocenters. The Kier molecular flexibility index (Phi) is 16.2. The molecule has 0 radical (unpaired) electrons. The molecule has 1 nitrogen and oxygen atoms in total. The monoisotopic (exact) mass is 328 g/mol. The van der Waals surface area contributed by atoms with Gasteiger partial charge in [0.25, 0.3) is 0 Å². The van der Waals surface area contributed by atoms with Gasteiger partial charge in [0.2, 0.25) is 0 Å². The molecule has 0 bridgehead atoms. The third-order valence-electron chi connectivity index (χ3n) is 4.93. The summed E-state index contributed by atoms with van der Waals surface area (Å²) < 4.78 is 5.60. The molecule has 0 aliphatic heterocycles. The van der Waals surface area contributed by atoms with Gasteiger partial charge in [-0.1, -0.05) is 103 Å². The van der Waals surface area contributed by atoms with E-state index in [1.807, 2.05) is 0 Å². The van der Waals surface area contributed by atoms with E-state index in [0.29, 0.717) is 0 Å². The molecule has 0 fully saturated rings. The number of hydrogen-bond donors (Lipinski definition) is 0. The summed E-state index contributed by atoms with van der Waals surface area (Å²) in [7, 11) is 0.868. The molecular weight excluding hydrogens is 284 g/mol. The third-order valence-corrected chi connectivity index (χ3v) is 6.04. The maximum Gasteiger partial charge on any atom is 0.146 e. The molecule has 0 aliphatic carbocycles. The molecule has 0 spiro atoms. The van der Waals surface area contributed by atoms with Crippen molar-refractivity contribution in [2.75, 3.05) is 0 Å². The minimum absolute atomic E-state index is 0.142. The lowest BCUT2D eigenvalue weighted by Crippen LogP contribution is -2.22. The topological polar surface area (TPSA) is 9.23 Å². The van der Waals surface area contributed by atoms with E-state index in [2.05, 4.69) is 20.8 Å². The van der Waals surface area contributed by atoms with Crippen molar-refractivity contribution in [3.63, 3.8) is 0 Å². The Morgan fingerprint density at radius 1 is 0.591 bits per heavy atom. The van der Waals surface area contributed by atoms with Crippen LogP contribution in [-0.4, -0.2) is 16.1 Å². The van der Waals surface area contributed by atoms with Crippen LogP contribution in [0.4, 0.5) is 0 Å². The molecule has 0 aliphatic rings. The summed E-state index contributed by atoms with van der Waals surface area (Å²) >= 11 is 0. The zero-order chi connectivity index (χ0) is 16.5. The van der Waals surface area contributed by atoms with Crippen LogP contribution in [0.1, 0.15) is 124 Å². The molecule has 0 rings (SSSR count). The van der Waals surface area contributed by atoms with Gasteiger partial charge in [-0.25, -0.2) is 0 Å². The fourth-order valence-corrected chi connectivity index (χ4v) is 3.23. The highest BCUT2D eigenvalue weighted by atomic mass is 28.2. The zero-order valence-electron chi connectivity index (χ0n) is 16.2. The van der Waals surface area contributed by atoms with Crippen LogP contribution in [0.2, 0.25) is 0 Å². The van der Waals surface area contributed by atoms with Gasteiger partial charge in [0.15, 0.2) is 0 Å². The van der Waals surface area contributed by atoms with Gasteiger partial charge in [-0.3, -0.25) is 0 Å². The van der Waals surface area contributed by atoms with Gasteiger partial charge >= 0.3 is 0 Å². The van der Waals surface area contributed by atoms with Crippen LogP contribution in [-0.2, 0) is 4.43 Å². The average molecular weight is 329 g/mol. The van der Waals surface area contributed by atoms with E-state index in [1.54, 1.807) is 0 Å². The third kappa shape index (κ3) is 16.5. The van der Waals surface area contributed by atoms with Crippen molar-refractivity contribution in [3.05, 3.63) is 0 Å². The van der Waals surface area contributed by atoms with E-state index in [9.17, 15) is 0 Å². The largest absolute Gasteiger partial charge is 0.423 e. The minimum Gasteiger partial charge on any atom is -0.423 e. The Morgan fingerprint density at radius 3 is 1.23 bits per heavy atom. The minimum atomic E-state index is 0.142. The molecule has 0 saturated heterocycles. The smallest absolute Gasteiger partial charge is 0.146 e. The first kappa shape index (κ1) is 22.2. The quantitative estimate of drug-likeness (QED) is 0.224. The van der Waals surface area contributed by atoms with Crippen LogP contribution >= 0.6 is 0 Å². The van der Waals surface area contributed by atoms with Gasteiger partial charge in [0.05, 0.1) is 0 Å². The Hall–Kier alpha value is 0.177. The van der Waals surface area contributed by atoms with Crippen molar-refractivity contribution >= 4 is 10.5 Å². The maximum absolute atomic E-state index is 5.60. The Balaban J connectivity index is 3.06. The summed E-state index contributed by atoms with van der Waals surface area (Å²) in [5, 5.41) is 0. The van der Waals surface area contributed by atoms with Crippen molar-refractivity contribution in [1.82, 2.24) is 0 Å². The van der Waals surface area contributed by atoms with E-state index in [4.69, 9.17) is 4.43 Å². The van der Waals surface area contributed by atoms with E-state index in [1.165, 1.54) is 103 Å². The van der Waals surface area contributed by atoms with Crippen LogP contribution in [0.15, 0.2) is 0 Å². The second kappa shape index (κ2) is 16.0. The van der Waals surface area contributed by atoms with E-state index < -0.39 is 0 Å². The lowest BCUT2D eigenvalue weighted by Gasteiger charge is -2.23. The van der Waals surface area contributed by atoms with E-state index in [0.717, 1.165) is 10.5 Å². The summed E-state index contributed by atoms with van der Waals surface area (Å²) in [6, 6.07) is 0. The van der Waals surface area contributed by atoms with Crippen molar-refractivity contribution in [1.29, 1.82) is 0 Å².